The van der Waals surface area contributed by atoms with Gasteiger partial charge < -0.3 is 9.84 Å². The number of ether oxygens (including phenoxy) is 1. The first kappa shape index (κ1) is 8.73. The van der Waals surface area contributed by atoms with E-state index in [1.54, 1.807) is 0 Å². The van der Waals surface area contributed by atoms with Crippen LogP contribution >= 0.6 is 0 Å². The van der Waals surface area contributed by atoms with Crippen molar-refractivity contribution in [2.75, 3.05) is 6.61 Å². The predicted molar refractivity (Wildman–Crippen MR) is 50.4 cm³/mol. The Morgan fingerprint density at radius 1 is 1.23 bits per heavy atom. The van der Waals surface area contributed by atoms with E-state index in [2.05, 4.69) is 0 Å². The van der Waals surface area contributed by atoms with Gasteiger partial charge in [0.25, 0.3) is 0 Å². The molecule has 2 heteroatoms. The monoisotopic (exact) mass is 178 g/mol. The molecule has 13 heavy (non-hydrogen) atoms. The molecule has 2 atom stereocenters. The highest BCUT2D eigenvalue weighted by molar-refractivity contribution is 5.18. The van der Waals surface area contributed by atoms with Gasteiger partial charge >= 0.3 is 0 Å². The van der Waals surface area contributed by atoms with Crippen LogP contribution in [0.1, 0.15) is 24.5 Å². The van der Waals surface area contributed by atoms with E-state index in [1.807, 2.05) is 30.3 Å². The molecule has 1 fully saturated rings. The minimum Gasteiger partial charge on any atom is -0.390 e. The molecular formula is C11H14O2. The quantitative estimate of drug-likeness (QED) is 0.711. The summed E-state index contributed by atoms with van der Waals surface area (Å²) in [7, 11) is 0. The van der Waals surface area contributed by atoms with E-state index in [9.17, 15) is 5.11 Å². The second-order valence-electron chi connectivity index (χ2n) is 3.41. The molecule has 2 rings (SSSR count). The van der Waals surface area contributed by atoms with Crippen molar-refractivity contribution in [2.45, 2.75) is 25.0 Å². The third-order valence-electron chi connectivity index (χ3n) is 2.42. The first-order chi connectivity index (χ1) is 6.38. The summed E-state index contributed by atoms with van der Waals surface area (Å²) in [4.78, 5) is 0. The van der Waals surface area contributed by atoms with Crippen LogP contribution in [0.25, 0.3) is 0 Å². The summed E-state index contributed by atoms with van der Waals surface area (Å²) in [6.45, 7) is 0.761. The lowest BCUT2D eigenvalue weighted by molar-refractivity contribution is -0.0758. The van der Waals surface area contributed by atoms with Crippen molar-refractivity contribution < 1.29 is 9.84 Å². The van der Waals surface area contributed by atoms with Gasteiger partial charge in [0.05, 0.1) is 6.10 Å². The fraction of sp³-hybridized carbons (Fsp3) is 0.455. The number of rotatable bonds is 1. The zero-order valence-corrected chi connectivity index (χ0v) is 7.52. The summed E-state index contributed by atoms with van der Waals surface area (Å²) in [5, 5.41) is 9.70. The van der Waals surface area contributed by atoms with Gasteiger partial charge in [0.1, 0.15) is 6.10 Å². The van der Waals surface area contributed by atoms with E-state index < -0.39 is 0 Å². The maximum Gasteiger partial charge on any atom is 0.108 e. The average Bonchev–Trinajstić information content (AvgIpc) is 2.20. The maximum absolute atomic E-state index is 9.70. The molecule has 0 saturated carbocycles. The van der Waals surface area contributed by atoms with E-state index >= 15 is 0 Å². The summed E-state index contributed by atoms with van der Waals surface area (Å²) in [6, 6.07) is 9.91. The summed E-state index contributed by atoms with van der Waals surface area (Å²) in [5.41, 5.74) is 1.08. The van der Waals surface area contributed by atoms with Crippen molar-refractivity contribution in [1.82, 2.24) is 0 Å². The normalized spacial score (nSPS) is 28.7. The Balaban J connectivity index is 2.15. The minimum atomic E-state index is -0.337. The van der Waals surface area contributed by atoms with Crippen LogP contribution in [0.3, 0.4) is 0 Å². The van der Waals surface area contributed by atoms with Gasteiger partial charge in [-0.3, -0.25) is 0 Å². The van der Waals surface area contributed by atoms with Crippen LogP contribution in [0.15, 0.2) is 30.3 Å². The lowest BCUT2D eigenvalue weighted by Gasteiger charge is -2.28. The van der Waals surface area contributed by atoms with Gasteiger partial charge in [-0.15, -0.1) is 0 Å². The lowest BCUT2D eigenvalue weighted by Crippen LogP contribution is -2.26. The first-order valence-corrected chi connectivity index (χ1v) is 4.72. The molecule has 1 heterocycles. The molecule has 1 N–H and O–H groups in total. The van der Waals surface area contributed by atoms with Gasteiger partial charge in [-0.1, -0.05) is 30.3 Å². The molecule has 0 amide bonds. The number of benzene rings is 1. The molecule has 0 unspecified atom stereocenters. The molecule has 1 saturated heterocycles. The van der Waals surface area contributed by atoms with Crippen molar-refractivity contribution in [3.8, 4) is 0 Å². The molecule has 0 spiro atoms. The maximum atomic E-state index is 9.70. The molecule has 0 radical (unpaired) electrons. The molecule has 0 bridgehead atoms. The molecule has 1 aliphatic rings. The fourth-order valence-corrected chi connectivity index (χ4v) is 1.73. The van der Waals surface area contributed by atoms with E-state index in [-0.39, 0.29) is 12.2 Å². The van der Waals surface area contributed by atoms with E-state index in [4.69, 9.17) is 4.74 Å². The van der Waals surface area contributed by atoms with Crippen molar-refractivity contribution in [3.05, 3.63) is 35.9 Å². The Hall–Kier alpha value is -0.860. The van der Waals surface area contributed by atoms with Gasteiger partial charge in [0.15, 0.2) is 0 Å². The van der Waals surface area contributed by atoms with E-state index in [0.29, 0.717) is 0 Å². The first-order valence-electron chi connectivity index (χ1n) is 4.72. The van der Waals surface area contributed by atoms with Crippen molar-refractivity contribution in [1.29, 1.82) is 0 Å². The molecular weight excluding hydrogens is 164 g/mol. The zero-order valence-electron chi connectivity index (χ0n) is 7.52. The Bertz CT molecular complexity index is 258. The number of aliphatic hydroxyl groups is 1. The van der Waals surface area contributed by atoms with Crippen molar-refractivity contribution in [3.63, 3.8) is 0 Å². The van der Waals surface area contributed by atoms with Crippen LogP contribution < -0.4 is 0 Å². The SMILES string of the molecule is O[C@H]1CCCO[C@H]1c1ccccc1. The third-order valence-corrected chi connectivity index (χ3v) is 2.42. The summed E-state index contributed by atoms with van der Waals surface area (Å²) in [6.07, 6.45) is 1.36. The topological polar surface area (TPSA) is 29.5 Å². The highest BCUT2D eigenvalue weighted by atomic mass is 16.5. The van der Waals surface area contributed by atoms with Crippen LogP contribution in [0.4, 0.5) is 0 Å². The van der Waals surface area contributed by atoms with Crippen LogP contribution in [0.5, 0.6) is 0 Å². The average molecular weight is 178 g/mol. The Morgan fingerprint density at radius 3 is 2.69 bits per heavy atom. The van der Waals surface area contributed by atoms with Gasteiger partial charge in [-0.05, 0) is 18.4 Å². The minimum absolute atomic E-state index is 0.116. The highest BCUT2D eigenvalue weighted by Crippen LogP contribution is 2.27. The molecule has 0 aliphatic carbocycles. The van der Waals surface area contributed by atoms with Crippen LogP contribution in [-0.2, 0) is 4.74 Å². The van der Waals surface area contributed by atoms with Gasteiger partial charge in [-0.25, -0.2) is 0 Å². The number of hydrogen-bond acceptors (Lipinski definition) is 2. The van der Waals surface area contributed by atoms with Crippen molar-refractivity contribution >= 4 is 0 Å². The van der Waals surface area contributed by atoms with Crippen LogP contribution in [0, 0.1) is 0 Å². The van der Waals surface area contributed by atoms with Crippen LogP contribution in [0.2, 0.25) is 0 Å². The largest absolute Gasteiger partial charge is 0.390 e. The molecule has 1 aromatic carbocycles. The summed E-state index contributed by atoms with van der Waals surface area (Å²) < 4.78 is 5.53. The number of hydrogen-bond donors (Lipinski definition) is 1. The van der Waals surface area contributed by atoms with Gasteiger partial charge in [0, 0.05) is 6.61 Å². The molecule has 1 aliphatic heterocycles. The molecule has 70 valence electrons. The summed E-state index contributed by atoms with van der Waals surface area (Å²) in [5.74, 6) is 0. The highest BCUT2D eigenvalue weighted by Gasteiger charge is 2.24. The van der Waals surface area contributed by atoms with E-state index in [0.717, 1.165) is 25.0 Å². The van der Waals surface area contributed by atoms with Crippen LogP contribution in [-0.4, -0.2) is 17.8 Å². The van der Waals surface area contributed by atoms with E-state index in [1.165, 1.54) is 0 Å². The Morgan fingerprint density at radius 2 is 2.00 bits per heavy atom. The Labute approximate surface area is 78.2 Å². The second kappa shape index (κ2) is 3.90. The van der Waals surface area contributed by atoms with Crippen molar-refractivity contribution in [2.24, 2.45) is 0 Å². The standard InChI is InChI=1S/C11H14O2/c12-10-7-4-8-13-11(10)9-5-2-1-3-6-9/h1-3,5-6,10-12H,4,7-8H2/t10-,11-/m0/s1. The molecule has 0 aromatic heterocycles. The second-order valence-corrected chi connectivity index (χ2v) is 3.41. The van der Waals surface area contributed by atoms with Gasteiger partial charge in [0.2, 0.25) is 0 Å². The summed E-state index contributed by atoms with van der Waals surface area (Å²) >= 11 is 0. The molecule has 2 nitrogen and oxygen atoms in total. The fourth-order valence-electron chi connectivity index (χ4n) is 1.73. The Kier molecular flexibility index (Phi) is 2.62. The number of aliphatic hydroxyl groups excluding tert-OH is 1. The van der Waals surface area contributed by atoms with Gasteiger partial charge in [-0.2, -0.15) is 0 Å². The predicted octanol–water partition coefficient (Wildman–Crippen LogP) is 1.90. The lowest BCUT2D eigenvalue weighted by atomic mass is 9.99. The third kappa shape index (κ3) is 1.90. The zero-order chi connectivity index (χ0) is 9.10. The molecule has 1 aromatic rings. The smallest absolute Gasteiger partial charge is 0.108 e.